The Bertz CT molecular complexity index is 814. The molecule has 132 valence electrons. The van der Waals surface area contributed by atoms with Crippen molar-refractivity contribution in [1.29, 1.82) is 0 Å². The highest BCUT2D eigenvalue weighted by atomic mass is 19.4. The number of rotatable bonds is 2. The van der Waals surface area contributed by atoms with Crippen molar-refractivity contribution in [3.63, 3.8) is 0 Å². The third kappa shape index (κ3) is 2.84. The van der Waals surface area contributed by atoms with Crippen LogP contribution in [0.3, 0.4) is 0 Å². The Morgan fingerprint density at radius 2 is 1.80 bits per heavy atom. The molecule has 0 radical (unpaired) electrons. The molecule has 7 heteroatoms. The van der Waals surface area contributed by atoms with Crippen molar-refractivity contribution >= 4 is 11.6 Å². The van der Waals surface area contributed by atoms with E-state index in [2.05, 4.69) is 5.32 Å². The standard InChI is InChI=1S/C18H17F3N2O2/c1-17(2)13-5-3-4-12(16(24)23-25)14(13)22-15(17)10-6-8-11(9-7-10)18(19,20)21/h3-9,15,22,25H,1-2H3,(H,23,24)/t15-/m0/s1. The summed E-state index contributed by atoms with van der Waals surface area (Å²) in [4.78, 5) is 11.9. The van der Waals surface area contributed by atoms with Crippen LogP contribution in [-0.2, 0) is 11.6 Å². The number of anilines is 1. The van der Waals surface area contributed by atoms with E-state index in [1.54, 1.807) is 17.6 Å². The van der Waals surface area contributed by atoms with Gasteiger partial charge >= 0.3 is 6.18 Å². The Kier molecular flexibility index (Phi) is 3.99. The van der Waals surface area contributed by atoms with Gasteiger partial charge in [0.1, 0.15) is 0 Å². The smallest absolute Gasteiger partial charge is 0.376 e. The van der Waals surface area contributed by atoms with Gasteiger partial charge in [0.2, 0.25) is 0 Å². The maximum Gasteiger partial charge on any atom is 0.416 e. The Balaban J connectivity index is 2.01. The number of carbonyl (C=O) groups is 1. The summed E-state index contributed by atoms with van der Waals surface area (Å²) in [5.74, 6) is -0.645. The topological polar surface area (TPSA) is 61.4 Å². The number of benzene rings is 2. The van der Waals surface area contributed by atoms with Crippen molar-refractivity contribution < 1.29 is 23.2 Å². The summed E-state index contributed by atoms with van der Waals surface area (Å²) >= 11 is 0. The minimum Gasteiger partial charge on any atom is -0.376 e. The molecule has 0 bridgehead atoms. The molecular formula is C18H17F3N2O2. The van der Waals surface area contributed by atoms with Gasteiger partial charge in [-0.05, 0) is 29.3 Å². The Morgan fingerprint density at radius 3 is 2.36 bits per heavy atom. The van der Waals surface area contributed by atoms with Gasteiger partial charge in [0.05, 0.1) is 22.9 Å². The molecule has 25 heavy (non-hydrogen) atoms. The van der Waals surface area contributed by atoms with Gasteiger partial charge in [0, 0.05) is 5.41 Å². The zero-order chi connectivity index (χ0) is 18.4. The monoisotopic (exact) mass is 350 g/mol. The van der Waals surface area contributed by atoms with Crippen molar-refractivity contribution in [2.24, 2.45) is 0 Å². The maximum absolute atomic E-state index is 12.8. The molecule has 2 aromatic carbocycles. The van der Waals surface area contributed by atoms with Crippen LogP contribution in [0, 0.1) is 0 Å². The lowest BCUT2D eigenvalue weighted by atomic mass is 9.77. The molecule has 1 atom stereocenters. The summed E-state index contributed by atoms with van der Waals surface area (Å²) in [6.45, 7) is 3.91. The van der Waals surface area contributed by atoms with E-state index in [-0.39, 0.29) is 11.6 Å². The van der Waals surface area contributed by atoms with Crippen LogP contribution in [0.1, 0.15) is 46.9 Å². The van der Waals surface area contributed by atoms with Crippen LogP contribution in [0.2, 0.25) is 0 Å². The van der Waals surface area contributed by atoms with Gasteiger partial charge in [0.15, 0.2) is 0 Å². The Hall–Kier alpha value is -2.54. The van der Waals surface area contributed by atoms with Crippen molar-refractivity contribution in [3.05, 3.63) is 64.7 Å². The van der Waals surface area contributed by atoms with E-state index in [0.717, 1.165) is 17.7 Å². The fourth-order valence-corrected chi connectivity index (χ4v) is 3.34. The van der Waals surface area contributed by atoms with Gasteiger partial charge in [-0.3, -0.25) is 10.0 Å². The molecule has 0 saturated heterocycles. The molecule has 1 heterocycles. The highest BCUT2D eigenvalue weighted by Gasteiger charge is 2.42. The number of hydrogen-bond acceptors (Lipinski definition) is 3. The van der Waals surface area contributed by atoms with Gasteiger partial charge in [-0.2, -0.15) is 13.2 Å². The molecule has 4 nitrogen and oxygen atoms in total. The fourth-order valence-electron chi connectivity index (χ4n) is 3.34. The van der Waals surface area contributed by atoms with Crippen LogP contribution >= 0.6 is 0 Å². The molecule has 1 amide bonds. The molecule has 3 rings (SSSR count). The third-order valence-corrected chi connectivity index (χ3v) is 4.69. The van der Waals surface area contributed by atoms with E-state index in [0.29, 0.717) is 11.3 Å². The van der Waals surface area contributed by atoms with E-state index in [4.69, 9.17) is 5.21 Å². The number of hydroxylamine groups is 1. The maximum atomic E-state index is 12.8. The summed E-state index contributed by atoms with van der Waals surface area (Å²) in [6.07, 6.45) is -4.38. The van der Waals surface area contributed by atoms with E-state index in [9.17, 15) is 18.0 Å². The van der Waals surface area contributed by atoms with Gasteiger partial charge < -0.3 is 5.32 Å². The predicted octanol–water partition coefficient (Wildman–Crippen LogP) is 4.27. The van der Waals surface area contributed by atoms with Crippen molar-refractivity contribution in [1.82, 2.24) is 5.48 Å². The molecular weight excluding hydrogens is 333 g/mol. The molecule has 0 saturated carbocycles. The molecule has 1 aliphatic rings. The second kappa shape index (κ2) is 5.77. The lowest BCUT2D eigenvalue weighted by molar-refractivity contribution is -0.137. The van der Waals surface area contributed by atoms with Crippen LogP contribution in [0.4, 0.5) is 18.9 Å². The van der Waals surface area contributed by atoms with Crippen LogP contribution in [0.15, 0.2) is 42.5 Å². The Morgan fingerprint density at radius 1 is 1.16 bits per heavy atom. The van der Waals surface area contributed by atoms with E-state index >= 15 is 0 Å². The van der Waals surface area contributed by atoms with Gasteiger partial charge in [-0.1, -0.05) is 38.1 Å². The van der Waals surface area contributed by atoms with Crippen LogP contribution in [0.5, 0.6) is 0 Å². The number of carbonyl (C=O) groups excluding carboxylic acids is 1. The summed E-state index contributed by atoms with van der Waals surface area (Å²) in [6, 6.07) is 9.83. The van der Waals surface area contributed by atoms with Crippen molar-refractivity contribution in [2.45, 2.75) is 31.5 Å². The molecule has 0 spiro atoms. The van der Waals surface area contributed by atoms with E-state index in [1.165, 1.54) is 12.1 Å². The molecule has 1 aliphatic heterocycles. The first-order chi connectivity index (χ1) is 11.7. The van der Waals surface area contributed by atoms with Crippen molar-refractivity contribution in [2.75, 3.05) is 5.32 Å². The molecule has 0 aliphatic carbocycles. The second-order valence-electron chi connectivity index (χ2n) is 6.59. The zero-order valence-electron chi connectivity index (χ0n) is 13.6. The summed E-state index contributed by atoms with van der Waals surface area (Å²) in [5, 5.41) is 12.1. The number of fused-ring (bicyclic) bond motifs is 1. The number of hydrogen-bond donors (Lipinski definition) is 3. The predicted molar refractivity (Wildman–Crippen MR) is 86.5 cm³/mol. The minimum absolute atomic E-state index is 0.280. The molecule has 0 aromatic heterocycles. The molecule has 2 aromatic rings. The van der Waals surface area contributed by atoms with Crippen LogP contribution in [0.25, 0.3) is 0 Å². The minimum atomic E-state index is -4.38. The fraction of sp³-hybridized carbons (Fsp3) is 0.278. The lowest BCUT2D eigenvalue weighted by Gasteiger charge is -2.28. The second-order valence-corrected chi connectivity index (χ2v) is 6.59. The first-order valence-electron chi connectivity index (χ1n) is 7.68. The van der Waals surface area contributed by atoms with E-state index < -0.39 is 23.1 Å². The first-order valence-corrected chi connectivity index (χ1v) is 7.68. The summed E-state index contributed by atoms with van der Waals surface area (Å²) < 4.78 is 38.3. The van der Waals surface area contributed by atoms with Gasteiger partial charge in [-0.25, -0.2) is 5.48 Å². The number of halogens is 3. The number of amides is 1. The highest BCUT2D eigenvalue weighted by Crippen LogP contribution is 2.49. The Labute approximate surface area is 142 Å². The lowest BCUT2D eigenvalue weighted by Crippen LogP contribution is -2.25. The molecule has 0 unspecified atom stereocenters. The third-order valence-electron chi connectivity index (χ3n) is 4.69. The highest BCUT2D eigenvalue weighted by molar-refractivity contribution is 6.00. The average molecular weight is 350 g/mol. The number of alkyl halides is 3. The number of nitrogens with one attached hydrogen (secondary N) is 2. The largest absolute Gasteiger partial charge is 0.416 e. The normalized spacial score (nSPS) is 18.4. The van der Waals surface area contributed by atoms with Crippen LogP contribution < -0.4 is 10.8 Å². The average Bonchev–Trinajstić information content (AvgIpc) is 2.85. The quantitative estimate of drug-likeness (QED) is 0.560. The molecule has 0 fully saturated rings. The van der Waals surface area contributed by atoms with E-state index in [1.807, 2.05) is 19.9 Å². The van der Waals surface area contributed by atoms with Crippen molar-refractivity contribution in [3.8, 4) is 0 Å². The van der Waals surface area contributed by atoms with Gasteiger partial charge in [-0.15, -0.1) is 0 Å². The van der Waals surface area contributed by atoms with Crippen LogP contribution in [-0.4, -0.2) is 11.1 Å². The van der Waals surface area contributed by atoms with Gasteiger partial charge in [0.25, 0.3) is 5.91 Å². The molecule has 3 N–H and O–H groups in total. The number of para-hydroxylation sites is 1. The summed E-state index contributed by atoms with van der Waals surface area (Å²) in [7, 11) is 0. The summed E-state index contributed by atoms with van der Waals surface area (Å²) in [5.41, 5.74) is 2.85. The zero-order valence-corrected chi connectivity index (χ0v) is 13.6. The SMILES string of the molecule is CC1(C)c2cccc(C(=O)NO)c2N[C@H]1c1ccc(C(F)(F)F)cc1. The first kappa shape index (κ1) is 17.3.